The maximum absolute atomic E-state index is 12.0. The Morgan fingerprint density at radius 1 is 1.36 bits per heavy atom. The molecule has 6 nitrogen and oxygen atoms in total. The molecule has 1 heterocycles. The monoisotopic (exact) mass is 325 g/mol. The second-order valence-electron chi connectivity index (χ2n) is 5.61. The van der Waals surface area contributed by atoms with Gasteiger partial charge in [-0.15, -0.1) is 0 Å². The van der Waals surface area contributed by atoms with E-state index < -0.39 is 11.5 Å². The average molecular weight is 326 g/mol. The summed E-state index contributed by atoms with van der Waals surface area (Å²) in [7, 11) is 0. The number of β-amino-alcohol motifs (C(OH)–C–C–N with tert-alkyl or cyclic N) is 1. The molecule has 2 rings (SSSR count). The van der Waals surface area contributed by atoms with Gasteiger partial charge in [0.25, 0.3) is 5.91 Å². The molecular formula is C15H20ClN3O3. The molecule has 0 radical (unpaired) electrons. The minimum Gasteiger partial charge on any atom is -0.379 e. The van der Waals surface area contributed by atoms with Gasteiger partial charge in [-0.2, -0.15) is 0 Å². The van der Waals surface area contributed by atoms with E-state index >= 15 is 0 Å². The predicted molar refractivity (Wildman–Crippen MR) is 83.1 cm³/mol. The summed E-state index contributed by atoms with van der Waals surface area (Å²) in [6, 6.07) is 7.21. The van der Waals surface area contributed by atoms with Crippen LogP contribution in [0.1, 0.15) is 18.4 Å². The number of primary amides is 1. The largest absolute Gasteiger partial charge is 0.379 e. The third kappa shape index (κ3) is 4.43. The Kier molecular flexibility index (Phi) is 5.39. The first-order chi connectivity index (χ1) is 10.4. The van der Waals surface area contributed by atoms with Crippen LogP contribution in [0.4, 0.5) is 0 Å². The normalized spacial score (nSPS) is 22.3. The molecule has 1 atom stereocenters. The van der Waals surface area contributed by atoms with Crippen LogP contribution >= 0.6 is 11.6 Å². The van der Waals surface area contributed by atoms with Gasteiger partial charge in [0.15, 0.2) is 5.60 Å². The number of halogens is 1. The van der Waals surface area contributed by atoms with Crippen molar-refractivity contribution in [3.8, 4) is 0 Å². The number of hydrogen-bond donors (Lipinski definition) is 3. The number of benzene rings is 1. The lowest BCUT2D eigenvalue weighted by molar-refractivity contribution is -0.143. The zero-order chi connectivity index (χ0) is 16.2. The molecule has 1 saturated heterocycles. The molecule has 0 aromatic heterocycles. The van der Waals surface area contributed by atoms with Crippen molar-refractivity contribution in [1.82, 2.24) is 10.2 Å². The minimum absolute atomic E-state index is 0.0939. The van der Waals surface area contributed by atoms with Gasteiger partial charge in [0.2, 0.25) is 5.91 Å². The van der Waals surface area contributed by atoms with Crippen LogP contribution in [-0.2, 0) is 16.1 Å². The summed E-state index contributed by atoms with van der Waals surface area (Å²) in [5, 5.41) is 13.6. The summed E-state index contributed by atoms with van der Waals surface area (Å²) in [4.78, 5) is 25.0. The van der Waals surface area contributed by atoms with Crippen molar-refractivity contribution in [2.24, 2.45) is 5.73 Å². The van der Waals surface area contributed by atoms with Crippen LogP contribution in [0.3, 0.4) is 0 Å². The smallest absolute Gasteiger partial charge is 0.250 e. The number of piperidine rings is 1. The average Bonchev–Trinajstić information content (AvgIpc) is 2.46. The Morgan fingerprint density at radius 3 is 2.68 bits per heavy atom. The van der Waals surface area contributed by atoms with Crippen molar-refractivity contribution in [2.75, 3.05) is 19.6 Å². The molecule has 120 valence electrons. The van der Waals surface area contributed by atoms with E-state index in [0.717, 1.165) is 5.56 Å². The number of rotatable bonds is 5. The number of aliphatic hydroxyl groups is 1. The standard InChI is InChI=1S/C15H20ClN3O3/c16-12-4-2-11(3-5-12)8-18-13(20)9-19-7-1-6-15(22,10-19)14(17)21/h2-5,22H,1,6-10H2,(H2,17,21)(H,18,20). The van der Waals surface area contributed by atoms with Crippen LogP contribution in [0.5, 0.6) is 0 Å². The van der Waals surface area contributed by atoms with Crippen molar-refractivity contribution in [3.05, 3.63) is 34.9 Å². The number of nitrogens with two attached hydrogens (primary N) is 1. The summed E-state index contributed by atoms with van der Waals surface area (Å²) in [5.74, 6) is -0.901. The third-order valence-electron chi connectivity index (χ3n) is 3.78. The maximum atomic E-state index is 12.0. The van der Waals surface area contributed by atoms with Crippen LogP contribution in [0, 0.1) is 0 Å². The molecule has 4 N–H and O–H groups in total. The van der Waals surface area contributed by atoms with Crippen molar-refractivity contribution < 1.29 is 14.7 Å². The lowest BCUT2D eigenvalue weighted by Crippen LogP contribution is -2.57. The molecule has 1 aliphatic heterocycles. The zero-order valence-corrected chi connectivity index (χ0v) is 13.0. The highest BCUT2D eigenvalue weighted by molar-refractivity contribution is 6.30. The van der Waals surface area contributed by atoms with Crippen molar-refractivity contribution in [3.63, 3.8) is 0 Å². The molecule has 1 unspecified atom stereocenters. The van der Waals surface area contributed by atoms with E-state index in [1.54, 1.807) is 17.0 Å². The molecule has 1 aromatic rings. The number of carbonyl (C=O) groups is 2. The van der Waals surface area contributed by atoms with Crippen LogP contribution in [0.25, 0.3) is 0 Å². The predicted octanol–water partition coefficient (Wildman–Crippen LogP) is 0.268. The Hall–Kier alpha value is -1.63. The highest BCUT2D eigenvalue weighted by Crippen LogP contribution is 2.20. The van der Waals surface area contributed by atoms with Gasteiger partial charge in [-0.05, 0) is 37.1 Å². The summed E-state index contributed by atoms with van der Waals surface area (Å²) >= 11 is 5.80. The van der Waals surface area contributed by atoms with Gasteiger partial charge in [-0.25, -0.2) is 0 Å². The molecule has 1 aromatic carbocycles. The first-order valence-electron chi connectivity index (χ1n) is 7.15. The number of amides is 2. The van der Waals surface area contributed by atoms with E-state index in [0.29, 0.717) is 31.0 Å². The molecule has 1 aliphatic rings. The topological polar surface area (TPSA) is 95.7 Å². The summed E-state index contributed by atoms with van der Waals surface area (Å²) in [6.07, 6.45) is 0.967. The highest BCUT2D eigenvalue weighted by atomic mass is 35.5. The fourth-order valence-corrected chi connectivity index (χ4v) is 2.65. The zero-order valence-electron chi connectivity index (χ0n) is 12.2. The second kappa shape index (κ2) is 7.09. The van der Waals surface area contributed by atoms with Crippen LogP contribution < -0.4 is 11.1 Å². The maximum Gasteiger partial charge on any atom is 0.250 e. The molecule has 2 amide bonds. The SMILES string of the molecule is NC(=O)C1(O)CCCN(CC(=O)NCc2ccc(Cl)cc2)C1. The fraction of sp³-hybridized carbons (Fsp3) is 0.467. The molecular weight excluding hydrogens is 306 g/mol. The van der Waals surface area contributed by atoms with Crippen molar-refractivity contribution in [1.29, 1.82) is 0 Å². The summed E-state index contributed by atoms with van der Waals surface area (Å²) < 4.78 is 0. The minimum atomic E-state index is -1.53. The molecule has 0 saturated carbocycles. The Balaban J connectivity index is 1.81. The second-order valence-corrected chi connectivity index (χ2v) is 6.05. The molecule has 1 fully saturated rings. The number of carbonyl (C=O) groups excluding carboxylic acids is 2. The van der Waals surface area contributed by atoms with Gasteiger partial charge in [-0.1, -0.05) is 23.7 Å². The van der Waals surface area contributed by atoms with Gasteiger partial charge in [0, 0.05) is 18.1 Å². The number of nitrogens with one attached hydrogen (secondary N) is 1. The molecule has 7 heteroatoms. The molecule has 0 aliphatic carbocycles. The molecule has 22 heavy (non-hydrogen) atoms. The van der Waals surface area contributed by atoms with E-state index in [1.807, 2.05) is 12.1 Å². The van der Waals surface area contributed by atoms with E-state index in [1.165, 1.54) is 0 Å². The van der Waals surface area contributed by atoms with Crippen LogP contribution in [0.15, 0.2) is 24.3 Å². The van der Waals surface area contributed by atoms with E-state index in [4.69, 9.17) is 17.3 Å². The summed E-state index contributed by atoms with van der Waals surface area (Å²) in [5.41, 5.74) is 4.63. The van der Waals surface area contributed by atoms with Gasteiger partial charge >= 0.3 is 0 Å². The lowest BCUT2D eigenvalue weighted by atomic mass is 9.92. The first kappa shape index (κ1) is 16.7. The van der Waals surface area contributed by atoms with Gasteiger partial charge in [-0.3, -0.25) is 14.5 Å². The van der Waals surface area contributed by atoms with Crippen molar-refractivity contribution >= 4 is 23.4 Å². The van der Waals surface area contributed by atoms with E-state index in [2.05, 4.69) is 5.32 Å². The lowest BCUT2D eigenvalue weighted by Gasteiger charge is -2.36. The Labute approximate surface area is 134 Å². The van der Waals surface area contributed by atoms with Gasteiger partial charge in [0.05, 0.1) is 6.54 Å². The Bertz CT molecular complexity index is 549. The molecule has 0 spiro atoms. The number of likely N-dealkylation sites (tertiary alicyclic amines) is 1. The Morgan fingerprint density at radius 2 is 2.05 bits per heavy atom. The highest BCUT2D eigenvalue weighted by Gasteiger charge is 2.38. The molecule has 0 bridgehead atoms. The van der Waals surface area contributed by atoms with E-state index in [-0.39, 0.29) is 19.0 Å². The van der Waals surface area contributed by atoms with E-state index in [9.17, 15) is 14.7 Å². The fourth-order valence-electron chi connectivity index (χ4n) is 2.52. The van der Waals surface area contributed by atoms with Crippen LogP contribution in [0.2, 0.25) is 5.02 Å². The third-order valence-corrected chi connectivity index (χ3v) is 4.03. The quantitative estimate of drug-likeness (QED) is 0.724. The van der Waals surface area contributed by atoms with Crippen molar-refractivity contribution in [2.45, 2.75) is 25.0 Å². The summed E-state index contributed by atoms with van der Waals surface area (Å²) in [6.45, 7) is 1.29. The number of hydrogen-bond acceptors (Lipinski definition) is 4. The number of nitrogens with zero attached hydrogens (tertiary/aromatic N) is 1. The first-order valence-corrected chi connectivity index (χ1v) is 7.53. The van der Waals surface area contributed by atoms with Gasteiger partial charge < -0.3 is 16.2 Å². The van der Waals surface area contributed by atoms with Crippen LogP contribution in [-0.4, -0.2) is 47.1 Å². The van der Waals surface area contributed by atoms with Gasteiger partial charge in [0.1, 0.15) is 0 Å².